The van der Waals surface area contributed by atoms with Crippen LogP contribution in [-0.4, -0.2) is 30.6 Å². The van der Waals surface area contributed by atoms with Crippen LogP contribution < -0.4 is 5.32 Å². The first-order valence-corrected chi connectivity index (χ1v) is 6.31. The molecule has 2 aromatic rings. The van der Waals surface area contributed by atoms with E-state index in [0.717, 1.165) is 25.7 Å². The van der Waals surface area contributed by atoms with E-state index in [1.165, 1.54) is 17.3 Å². The van der Waals surface area contributed by atoms with E-state index in [-0.39, 0.29) is 11.8 Å². The SMILES string of the molecule is O=C(Nc1cc(-n2cncn2)ncn1)C1CCCC1. The molecule has 19 heavy (non-hydrogen) atoms. The third kappa shape index (κ3) is 2.59. The van der Waals surface area contributed by atoms with Crippen molar-refractivity contribution in [3.63, 3.8) is 0 Å². The number of aromatic nitrogens is 5. The zero-order valence-corrected chi connectivity index (χ0v) is 10.4. The summed E-state index contributed by atoms with van der Waals surface area (Å²) in [6.07, 6.45) is 8.57. The summed E-state index contributed by atoms with van der Waals surface area (Å²) in [5.74, 6) is 1.23. The Morgan fingerprint density at radius 1 is 1.26 bits per heavy atom. The average Bonchev–Trinajstić information content (AvgIpc) is 3.13. The number of nitrogens with zero attached hydrogens (tertiary/aromatic N) is 5. The molecule has 7 heteroatoms. The summed E-state index contributed by atoms with van der Waals surface area (Å²) < 4.78 is 1.52. The van der Waals surface area contributed by atoms with Crippen LogP contribution in [0.25, 0.3) is 5.82 Å². The second kappa shape index (κ2) is 5.13. The van der Waals surface area contributed by atoms with Gasteiger partial charge in [-0.2, -0.15) is 5.10 Å². The van der Waals surface area contributed by atoms with Gasteiger partial charge in [-0.05, 0) is 12.8 Å². The smallest absolute Gasteiger partial charge is 0.228 e. The van der Waals surface area contributed by atoms with Crippen molar-refractivity contribution in [1.29, 1.82) is 0 Å². The lowest BCUT2D eigenvalue weighted by atomic mass is 10.1. The monoisotopic (exact) mass is 258 g/mol. The summed E-state index contributed by atoms with van der Waals surface area (Å²) in [4.78, 5) is 24.0. The highest BCUT2D eigenvalue weighted by molar-refractivity contribution is 5.91. The summed E-state index contributed by atoms with van der Waals surface area (Å²) in [6.45, 7) is 0. The van der Waals surface area contributed by atoms with E-state index >= 15 is 0 Å². The minimum absolute atomic E-state index is 0.0424. The van der Waals surface area contributed by atoms with E-state index in [1.807, 2.05) is 0 Å². The quantitative estimate of drug-likeness (QED) is 0.893. The molecule has 1 aliphatic carbocycles. The molecule has 0 bridgehead atoms. The van der Waals surface area contributed by atoms with Crippen LogP contribution in [-0.2, 0) is 4.79 Å². The molecule has 1 aliphatic rings. The third-order valence-electron chi connectivity index (χ3n) is 3.28. The van der Waals surface area contributed by atoms with Gasteiger partial charge in [-0.15, -0.1) is 0 Å². The topological polar surface area (TPSA) is 85.6 Å². The van der Waals surface area contributed by atoms with Crippen LogP contribution in [0, 0.1) is 5.92 Å². The highest BCUT2D eigenvalue weighted by Gasteiger charge is 2.22. The fraction of sp³-hybridized carbons (Fsp3) is 0.417. The van der Waals surface area contributed by atoms with Gasteiger partial charge in [-0.25, -0.2) is 19.6 Å². The molecule has 7 nitrogen and oxygen atoms in total. The van der Waals surface area contributed by atoms with Crippen LogP contribution in [0.1, 0.15) is 25.7 Å². The molecule has 98 valence electrons. The summed E-state index contributed by atoms with van der Waals surface area (Å²) in [7, 11) is 0. The van der Waals surface area contributed by atoms with Crippen molar-refractivity contribution in [2.75, 3.05) is 5.32 Å². The van der Waals surface area contributed by atoms with Gasteiger partial charge in [0, 0.05) is 12.0 Å². The van der Waals surface area contributed by atoms with Crippen molar-refractivity contribution in [1.82, 2.24) is 24.7 Å². The largest absolute Gasteiger partial charge is 0.310 e. The molecule has 0 spiro atoms. The Kier molecular flexibility index (Phi) is 3.18. The highest BCUT2D eigenvalue weighted by atomic mass is 16.1. The molecule has 0 aromatic carbocycles. The van der Waals surface area contributed by atoms with Crippen molar-refractivity contribution in [2.45, 2.75) is 25.7 Å². The lowest BCUT2D eigenvalue weighted by Crippen LogP contribution is -2.21. The van der Waals surface area contributed by atoms with Crippen molar-refractivity contribution in [3.8, 4) is 5.82 Å². The lowest BCUT2D eigenvalue weighted by Gasteiger charge is -2.09. The van der Waals surface area contributed by atoms with E-state index in [2.05, 4.69) is 25.4 Å². The number of rotatable bonds is 3. The minimum atomic E-state index is 0.0424. The maximum atomic E-state index is 12.0. The molecular formula is C12H14N6O. The Morgan fingerprint density at radius 2 is 2.11 bits per heavy atom. The van der Waals surface area contributed by atoms with Gasteiger partial charge in [0.15, 0.2) is 5.82 Å². The number of carbonyl (C=O) groups is 1. The Hall–Kier alpha value is -2.31. The zero-order chi connectivity index (χ0) is 13.1. The van der Waals surface area contributed by atoms with E-state index in [9.17, 15) is 4.79 Å². The van der Waals surface area contributed by atoms with E-state index in [1.54, 1.807) is 12.4 Å². The first-order chi connectivity index (χ1) is 9.33. The predicted molar refractivity (Wildman–Crippen MR) is 67.5 cm³/mol. The molecule has 3 rings (SSSR count). The van der Waals surface area contributed by atoms with Gasteiger partial charge in [-0.1, -0.05) is 12.8 Å². The van der Waals surface area contributed by atoms with Crippen LogP contribution in [0.3, 0.4) is 0 Å². The van der Waals surface area contributed by atoms with Crippen LogP contribution in [0.4, 0.5) is 5.82 Å². The number of hydrogen-bond acceptors (Lipinski definition) is 5. The predicted octanol–water partition coefficient (Wildman–Crippen LogP) is 1.19. The van der Waals surface area contributed by atoms with E-state index in [4.69, 9.17) is 0 Å². The van der Waals surface area contributed by atoms with Gasteiger partial charge < -0.3 is 5.32 Å². The fourth-order valence-electron chi connectivity index (χ4n) is 2.28. The van der Waals surface area contributed by atoms with Gasteiger partial charge in [0.2, 0.25) is 5.91 Å². The van der Waals surface area contributed by atoms with Gasteiger partial charge in [0.05, 0.1) is 0 Å². The van der Waals surface area contributed by atoms with Crippen molar-refractivity contribution < 1.29 is 4.79 Å². The van der Waals surface area contributed by atoms with Crippen LogP contribution >= 0.6 is 0 Å². The zero-order valence-electron chi connectivity index (χ0n) is 10.4. The molecule has 0 atom stereocenters. The molecule has 1 saturated carbocycles. The first-order valence-electron chi connectivity index (χ1n) is 6.31. The minimum Gasteiger partial charge on any atom is -0.310 e. The highest BCUT2D eigenvalue weighted by Crippen LogP contribution is 2.25. The Labute approximate surface area is 110 Å². The summed E-state index contributed by atoms with van der Waals surface area (Å²) in [5, 5.41) is 6.82. The number of amides is 1. The number of hydrogen-bond donors (Lipinski definition) is 1. The molecule has 1 fully saturated rings. The normalized spacial score (nSPS) is 15.6. The van der Waals surface area contributed by atoms with Crippen LogP contribution in [0.5, 0.6) is 0 Å². The molecule has 2 aromatic heterocycles. The molecule has 0 saturated heterocycles. The van der Waals surface area contributed by atoms with Gasteiger partial charge in [0.25, 0.3) is 0 Å². The lowest BCUT2D eigenvalue weighted by molar-refractivity contribution is -0.119. The second-order valence-corrected chi connectivity index (χ2v) is 4.57. The summed E-state index contributed by atoms with van der Waals surface area (Å²) >= 11 is 0. The molecule has 1 amide bonds. The van der Waals surface area contributed by atoms with E-state index in [0.29, 0.717) is 11.6 Å². The van der Waals surface area contributed by atoms with Crippen molar-refractivity contribution in [3.05, 3.63) is 25.0 Å². The molecule has 0 aliphatic heterocycles. The number of carbonyl (C=O) groups excluding carboxylic acids is 1. The van der Waals surface area contributed by atoms with Gasteiger partial charge in [-0.3, -0.25) is 4.79 Å². The molecule has 1 N–H and O–H groups in total. The standard InChI is InChI=1S/C12H14N6O/c19-12(9-3-1-2-4-9)17-10-5-11(15-7-14-10)18-8-13-6-16-18/h5-9H,1-4H2,(H,14,15,17,19). The molecule has 2 heterocycles. The maximum Gasteiger partial charge on any atom is 0.228 e. The van der Waals surface area contributed by atoms with Crippen LogP contribution in [0.2, 0.25) is 0 Å². The Balaban J connectivity index is 1.74. The van der Waals surface area contributed by atoms with Crippen molar-refractivity contribution in [2.24, 2.45) is 5.92 Å². The number of anilines is 1. The summed E-state index contributed by atoms with van der Waals surface area (Å²) in [5.41, 5.74) is 0. The van der Waals surface area contributed by atoms with Crippen LogP contribution in [0.15, 0.2) is 25.0 Å². The Morgan fingerprint density at radius 3 is 2.84 bits per heavy atom. The molecular weight excluding hydrogens is 244 g/mol. The Bertz CT molecular complexity index is 561. The maximum absolute atomic E-state index is 12.0. The third-order valence-corrected chi connectivity index (χ3v) is 3.28. The van der Waals surface area contributed by atoms with Gasteiger partial charge >= 0.3 is 0 Å². The van der Waals surface area contributed by atoms with Gasteiger partial charge in [0.1, 0.15) is 24.8 Å². The fourth-order valence-corrected chi connectivity index (χ4v) is 2.28. The molecule has 0 unspecified atom stereocenters. The van der Waals surface area contributed by atoms with Crippen molar-refractivity contribution >= 4 is 11.7 Å². The number of nitrogens with one attached hydrogen (secondary N) is 1. The first kappa shape index (κ1) is 11.8. The average molecular weight is 258 g/mol. The second-order valence-electron chi connectivity index (χ2n) is 4.57. The van der Waals surface area contributed by atoms with E-state index < -0.39 is 0 Å². The summed E-state index contributed by atoms with van der Waals surface area (Å²) in [6, 6.07) is 1.68. The molecule has 0 radical (unpaired) electrons.